The monoisotopic (exact) mass is 532 g/mol. The summed E-state index contributed by atoms with van der Waals surface area (Å²) in [5.74, 6) is 0.103. The molecule has 14 nitrogen and oxygen atoms in total. The number of fused-ring (bicyclic) bond motifs is 2. The molecule has 1 aliphatic carbocycles. The number of anilines is 1. The predicted molar refractivity (Wildman–Crippen MR) is 130 cm³/mol. The topological polar surface area (TPSA) is 182 Å². The first-order chi connectivity index (χ1) is 17.7. The van der Waals surface area contributed by atoms with E-state index in [-0.39, 0.29) is 42.9 Å². The van der Waals surface area contributed by atoms with E-state index in [1.54, 1.807) is 12.4 Å². The third-order valence-corrected chi connectivity index (χ3v) is 7.50. The fourth-order valence-corrected chi connectivity index (χ4v) is 5.57. The fraction of sp³-hybridized carbons (Fsp3) is 0.364. The van der Waals surface area contributed by atoms with Crippen LogP contribution in [-0.2, 0) is 13.9 Å². The maximum atomic E-state index is 13.6. The van der Waals surface area contributed by atoms with Gasteiger partial charge in [0.05, 0.1) is 26.1 Å². The highest BCUT2D eigenvalue weighted by Gasteiger charge is 2.34. The summed E-state index contributed by atoms with van der Waals surface area (Å²) in [7, 11) is -2.62. The Morgan fingerprint density at radius 1 is 1.32 bits per heavy atom. The van der Waals surface area contributed by atoms with Crippen molar-refractivity contribution in [3.63, 3.8) is 0 Å². The second-order valence-corrected chi connectivity index (χ2v) is 10.1. The largest absolute Gasteiger partial charge is 0.480 e. The summed E-state index contributed by atoms with van der Waals surface area (Å²) in [5, 5.41) is 11.8. The molecule has 0 bridgehead atoms. The summed E-state index contributed by atoms with van der Waals surface area (Å²) in [5.41, 5.74) is 6.82. The zero-order valence-corrected chi connectivity index (χ0v) is 20.8. The molecule has 4 N–H and O–H groups in total. The van der Waals surface area contributed by atoms with E-state index in [4.69, 9.17) is 29.0 Å². The summed E-state index contributed by atoms with van der Waals surface area (Å²) in [6, 6.07) is 3.33. The number of rotatable bonds is 10. The van der Waals surface area contributed by atoms with Crippen molar-refractivity contribution in [1.29, 1.82) is 0 Å². The highest BCUT2D eigenvalue weighted by atomic mass is 31.2. The zero-order chi connectivity index (χ0) is 26.2. The van der Waals surface area contributed by atoms with Crippen LogP contribution in [0.5, 0.6) is 23.1 Å². The van der Waals surface area contributed by atoms with Crippen molar-refractivity contribution in [2.45, 2.75) is 25.4 Å². The standard InChI is InChI=1S/C22H25N6O8P/c1-12(21(29)30)27-37(31,36-15-5-6-16-17(8-15)34-11-33-16)35-9-13-3-4-14(7-13)28-10-24-18-19(28)25-22(23)26-20(18)32-2/h3-6,8,10,12-14H,7,9,11H2,1-2H3,(H,27,31)(H,29,30)(H2,23,25,26)/t12-,13+,14-,37?/m0/s1. The Morgan fingerprint density at radius 2 is 2.14 bits per heavy atom. The van der Waals surface area contributed by atoms with Crippen LogP contribution in [-0.4, -0.2) is 57.1 Å². The summed E-state index contributed by atoms with van der Waals surface area (Å²) < 4.78 is 42.6. The zero-order valence-electron chi connectivity index (χ0n) is 19.9. The van der Waals surface area contributed by atoms with Crippen LogP contribution >= 0.6 is 7.75 Å². The first-order valence-corrected chi connectivity index (χ1v) is 12.9. The lowest BCUT2D eigenvalue weighted by atomic mass is 10.1. The highest BCUT2D eigenvalue weighted by Crippen LogP contribution is 2.48. The Labute approximate surface area is 210 Å². The normalized spacial score (nSPS) is 20.6. The maximum Gasteiger partial charge on any atom is 0.459 e. The number of aliphatic carboxylic acids is 1. The minimum atomic E-state index is -4.10. The molecule has 0 fully saturated rings. The molecule has 1 aliphatic heterocycles. The van der Waals surface area contributed by atoms with E-state index in [1.165, 1.54) is 26.2 Å². The van der Waals surface area contributed by atoms with Crippen LogP contribution in [0.1, 0.15) is 19.4 Å². The van der Waals surface area contributed by atoms with Gasteiger partial charge in [0.2, 0.25) is 18.6 Å². The van der Waals surface area contributed by atoms with Crippen molar-refractivity contribution in [3.8, 4) is 23.1 Å². The molecule has 0 saturated heterocycles. The van der Waals surface area contributed by atoms with E-state index in [2.05, 4.69) is 20.0 Å². The number of nitrogens with one attached hydrogen (secondary N) is 1. The van der Waals surface area contributed by atoms with E-state index in [9.17, 15) is 14.5 Å². The number of carboxylic acids is 1. The molecule has 37 heavy (non-hydrogen) atoms. The van der Waals surface area contributed by atoms with Gasteiger partial charge in [0.15, 0.2) is 22.7 Å². The van der Waals surface area contributed by atoms with Crippen LogP contribution in [0.15, 0.2) is 36.7 Å². The molecule has 0 spiro atoms. The van der Waals surface area contributed by atoms with Crippen molar-refractivity contribution < 1.29 is 37.7 Å². The van der Waals surface area contributed by atoms with Crippen LogP contribution in [0.4, 0.5) is 5.95 Å². The van der Waals surface area contributed by atoms with Crippen molar-refractivity contribution in [2.75, 3.05) is 26.2 Å². The molecule has 0 amide bonds. The van der Waals surface area contributed by atoms with Gasteiger partial charge in [-0.05, 0) is 25.5 Å². The minimum Gasteiger partial charge on any atom is -0.480 e. The van der Waals surface area contributed by atoms with E-state index < -0.39 is 19.8 Å². The van der Waals surface area contributed by atoms with Crippen molar-refractivity contribution in [2.24, 2.45) is 5.92 Å². The molecule has 1 unspecified atom stereocenters. The molecule has 2 aromatic heterocycles. The molecular formula is C22H25N6O8P. The van der Waals surface area contributed by atoms with Crippen LogP contribution in [0, 0.1) is 5.92 Å². The average molecular weight is 532 g/mol. The Kier molecular flexibility index (Phi) is 6.63. The van der Waals surface area contributed by atoms with Gasteiger partial charge in [-0.15, -0.1) is 0 Å². The molecule has 1 aromatic carbocycles. The van der Waals surface area contributed by atoms with E-state index in [0.29, 0.717) is 29.1 Å². The van der Waals surface area contributed by atoms with Crippen LogP contribution in [0.25, 0.3) is 11.2 Å². The third kappa shape index (κ3) is 5.17. The second kappa shape index (κ2) is 9.88. The van der Waals surface area contributed by atoms with Gasteiger partial charge >= 0.3 is 13.7 Å². The maximum absolute atomic E-state index is 13.6. The fourth-order valence-electron chi connectivity index (χ4n) is 4.02. The number of allylic oxidation sites excluding steroid dienone is 1. The molecule has 196 valence electrons. The molecule has 4 atom stereocenters. The van der Waals surface area contributed by atoms with Crippen molar-refractivity contribution in [1.82, 2.24) is 24.6 Å². The summed E-state index contributed by atoms with van der Waals surface area (Å²) >= 11 is 0. The van der Waals surface area contributed by atoms with Crippen LogP contribution in [0.2, 0.25) is 0 Å². The van der Waals surface area contributed by atoms with Gasteiger partial charge in [0.25, 0.3) is 0 Å². The predicted octanol–water partition coefficient (Wildman–Crippen LogP) is 2.53. The number of aromatic nitrogens is 4. The molecule has 0 radical (unpaired) electrons. The van der Waals surface area contributed by atoms with Crippen LogP contribution < -0.4 is 29.6 Å². The number of benzene rings is 1. The molecule has 2 aliphatic rings. The number of hydrogen-bond acceptors (Lipinski definition) is 11. The Morgan fingerprint density at radius 3 is 2.92 bits per heavy atom. The van der Waals surface area contributed by atoms with Gasteiger partial charge in [-0.2, -0.15) is 15.1 Å². The Hall–Kier alpha value is -3.87. The SMILES string of the molecule is COc1nc(N)nc2c1ncn2[C@H]1C=C[C@@H](COP(=O)(N[C@@H](C)C(=O)O)Oc2ccc3c(c2)OCO3)C1. The first-order valence-electron chi connectivity index (χ1n) is 11.3. The molecule has 3 aromatic rings. The molecular weight excluding hydrogens is 507 g/mol. The average Bonchev–Trinajstić information content (AvgIpc) is 3.61. The van der Waals surface area contributed by atoms with Gasteiger partial charge in [-0.3, -0.25) is 9.32 Å². The lowest BCUT2D eigenvalue weighted by Crippen LogP contribution is -2.33. The molecule has 0 saturated carbocycles. The van der Waals surface area contributed by atoms with Crippen molar-refractivity contribution >= 4 is 30.8 Å². The Balaban J connectivity index is 1.29. The van der Waals surface area contributed by atoms with E-state index in [0.717, 1.165) is 0 Å². The molecule has 5 rings (SSSR count). The quantitative estimate of drug-likeness (QED) is 0.256. The molecule has 3 heterocycles. The lowest BCUT2D eigenvalue weighted by molar-refractivity contribution is -0.138. The lowest BCUT2D eigenvalue weighted by Gasteiger charge is -2.23. The second-order valence-electron chi connectivity index (χ2n) is 8.45. The van der Waals surface area contributed by atoms with E-state index in [1.807, 2.05) is 16.7 Å². The number of nitrogens with zero attached hydrogens (tertiary/aromatic N) is 4. The number of carboxylic acid groups (broad SMARTS) is 1. The third-order valence-electron chi connectivity index (χ3n) is 5.86. The number of nitrogen functional groups attached to an aromatic ring is 1. The smallest absolute Gasteiger partial charge is 0.459 e. The van der Waals surface area contributed by atoms with Crippen LogP contribution in [0.3, 0.4) is 0 Å². The highest BCUT2D eigenvalue weighted by molar-refractivity contribution is 7.52. The number of carbonyl (C=O) groups is 1. The van der Waals surface area contributed by atoms with Gasteiger partial charge in [0, 0.05) is 12.0 Å². The Bertz CT molecular complexity index is 1410. The van der Waals surface area contributed by atoms with Gasteiger partial charge < -0.3 is 34.1 Å². The first kappa shape index (κ1) is 24.8. The van der Waals surface area contributed by atoms with E-state index >= 15 is 0 Å². The number of methoxy groups -OCH3 is 1. The number of imidazole rings is 1. The van der Waals surface area contributed by atoms with Gasteiger partial charge in [-0.25, -0.2) is 9.55 Å². The summed E-state index contributed by atoms with van der Waals surface area (Å²) in [6.45, 7) is 1.41. The number of nitrogens with two attached hydrogens (primary N) is 1. The summed E-state index contributed by atoms with van der Waals surface area (Å²) in [6.07, 6.45) is 6.08. The number of ether oxygens (including phenoxy) is 3. The molecule has 15 heteroatoms. The minimum absolute atomic E-state index is 0.00123. The summed E-state index contributed by atoms with van der Waals surface area (Å²) in [4.78, 5) is 24.1. The number of hydrogen-bond donors (Lipinski definition) is 3. The van der Waals surface area contributed by atoms with Crippen molar-refractivity contribution in [3.05, 3.63) is 36.7 Å². The van der Waals surface area contributed by atoms with Gasteiger partial charge in [0.1, 0.15) is 11.8 Å². The van der Waals surface area contributed by atoms with Gasteiger partial charge in [-0.1, -0.05) is 12.2 Å².